The highest BCUT2D eigenvalue weighted by Gasteiger charge is 2.38. The van der Waals surface area contributed by atoms with Crippen molar-refractivity contribution in [2.24, 2.45) is 5.73 Å². The number of carbonyl (C=O) groups is 1. The van der Waals surface area contributed by atoms with E-state index in [-0.39, 0.29) is 11.6 Å². The Balaban J connectivity index is 2.82. The van der Waals surface area contributed by atoms with Crippen LogP contribution in [0.3, 0.4) is 0 Å². The largest absolute Gasteiger partial charge is 0.450 e. The lowest BCUT2D eigenvalue weighted by molar-refractivity contribution is 0.0497. The molecule has 1 saturated carbocycles. The first-order valence-electron chi connectivity index (χ1n) is 6.84. The number of nitrogens with two attached hydrogens (primary N) is 1. The van der Waals surface area contributed by atoms with Gasteiger partial charge in [-0.2, -0.15) is 0 Å². The maximum absolute atomic E-state index is 12.0. The van der Waals surface area contributed by atoms with Crippen LogP contribution in [0.5, 0.6) is 0 Å². The molecule has 2 N–H and O–H groups in total. The molecule has 1 aliphatic carbocycles. The molecule has 0 bridgehead atoms. The van der Waals surface area contributed by atoms with Crippen molar-refractivity contribution in [2.45, 2.75) is 57.9 Å². The number of likely N-dealkylation sites (N-methyl/N-ethyl adjacent to an activating group) is 1. The lowest BCUT2D eigenvalue weighted by atomic mass is 9.88. The van der Waals surface area contributed by atoms with E-state index in [1.165, 1.54) is 12.8 Å². The number of carbonyl (C=O) groups excluding carboxylic acids is 1. The van der Waals surface area contributed by atoms with Gasteiger partial charge in [-0.05, 0) is 26.7 Å². The van der Waals surface area contributed by atoms with E-state index in [0.717, 1.165) is 25.7 Å². The van der Waals surface area contributed by atoms with Crippen LogP contribution < -0.4 is 5.73 Å². The Morgan fingerprint density at radius 3 is 2.24 bits per heavy atom. The SMILES string of the molecule is CCOC(=O)N(CC)C1(CN)CCCCCC1. The summed E-state index contributed by atoms with van der Waals surface area (Å²) < 4.78 is 5.15. The number of hydrogen-bond donors (Lipinski definition) is 1. The summed E-state index contributed by atoms with van der Waals surface area (Å²) in [6, 6.07) is 0. The van der Waals surface area contributed by atoms with Gasteiger partial charge >= 0.3 is 6.09 Å². The number of nitrogens with zero attached hydrogens (tertiary/aromatic N) is 1. The predicted octanol–water partition coefficient (Wildman–Crippen LogP) is 2.52. The highest BCUT2D eigenvalue weighted by molar-refractivity contribution is 5.68. The van der Waals surface area contributed by atoms with Crippen LogP contribution in [0.4, 0.5) is 4.79 Å². The number of amides is 1. The van der Waals surface area contributed by atoms with Gasteiger partial charge in [0.05, 0.1) is 12.1 Å². The second-order valence-corrected chi connectivity index (χ2v) is 4.79. The topological polar surface area (TPSA) is 55.6 Å². The van der Waals surface area contributed by atoms with Crippen molar-refractivity contribution < 1.29 is 9.53 Å². The van der Waals surface area contributed by atoms with Gasteiger partial charge in [0.25, 0.3) is 0 Å². The minimum absolute atomic E-state index is 0.169. The molecule has 0 atom stereocenters. The van der Waals surface area contributed by atoms with Crippen molar-refractivity contribution in [3.63, 3.8) is 0 Å². The van der Waals surface area contributed by atoms with E-state index in [0.29, 0.717) is 19.7 Å². The maximum Gasteiger partial charge on any atom is 0.410 e. The molecule has 0 aromatic carbocycles. The van der Waals surface area contributed by atoms with Crippen molar-refractivity contribution in [1.29, 1.82) is 0 Å². The molecule has 0 aromatic heterocycles. The van der Waals surface area contributed by atoms with Crippen LogP contribution in [0.2, 0.25) is 0 Å². The highest BCUT2D eigenvalue weighted by Crippen LogP contribution is 2.32. The van der Waals surface area contributed by atoms with Crippen molar-refractivity contribution in [1.82, 2.24) is 4.90 Å². The van der Waals surface area contributed by atoms with Crippen molar-refractivity contribution >= 4 is 6.09 Å². The summed E-state index contributed by atoms with van der Waals surface area (Å²) in [6.07, 6.45) is 6.64. The third kappa shape index (κ3) is 3.35. The summed E-state index contributed by atoms with van der Waals surface area (Å²) in [4.78, 5) is 13.8. The van der Waals surface area contributed by atoms with Gasteiger partial charge < -0.3 is 15.4 Å². The van der Waals surface area contributed by atoms with Gasteiger partial charge in [-0.15, -0.1) is 0 Å². The third-order valence-electron chi connectivity index (χ3n) is 3.79. The molecule has 0 radical (unpaired) electrons. The molecule has 1 amide bonds. The molecule has 0 spiro atoms. The van der Waals surface area contributed by atoms with E-state index >= 15 is 0 Å². The Labute approximate surface area is 104 Å². The average Bonchev–Trinajstić information content (AvgIpc) is 2.57. The first-order valence-corrected chi connectivity index (χ1v) is 6.84. The van der Waals surface area contributed by atoms with Gasteiger partial charge in [-0.3, -0.25) is 0 Å². The summed E-state index contributed by atoms with van der Waals surface area (Å²) in [7, 11) is 0. The predicted molar refractivity (Wildman–Crippen MR) is 68.9 cm³/mol. The molecule has 0 aliphatic heterocycles. The van der Waals surface area contributed by atoms with Crippen LogP contribution >= 0.6 is 0 Å². The fourth-order valence-electron chi connectivity index (χ4n) is 2.83. The lowest BCUT2D eigenvalue weighted by Crippen LogP contribution is -2.56. The zero-order valence-electron chi connectivity index (χ0n) is 11.2. The number of hydrogen-bond acceptors (Lipinski definition) is 3. The van der Waals surface area contributed by atoms with Gasteiger partial charge in [0.2, 0.25) is 0 Å². The molecule has 0 aromatic rings. The fraction of sp³-hybridized carbons (Fsp3) is 0.923. The van der Waals surface area contributed by atoms with E-state index in [4.69, 9.17) is 10.5 Å². The van der Waals surface area contributed by atoms with E-state index in [1.54, 1.807) is 0 Å². The number of ether oxygens (including phenoxy) is 1. The van der Waals surface area contributed by atoms with E-state index in [1.807, 2.05) is 18.7 Å². The van der Waals surface area contributed by atoms with Crippen molar-refractivity contribution in [2.75, 3.05) is 19.7 Å². The van der Waals surface area contributed by atoms with Crippen LogP contribution in [0.15, 0.2) is 0 Å². The minimum atomic E-state index is -0.206. The summed E-state index contributed by atoms with van der Waals surface area (Å²) in [6.45, 7) is 5.48. The van der Waals surface area contributed by atoms with E-state index in [2.05, 4.69) is 0 Å². The summed E-state index contributed by atoms with van der Waals surface area (Å²) >= 11 is 0. The second-order valence-electron chi connectivity index (χ2n) is 4.79. The van der Waals surface area contributed by atoms with Crippen molar-refractivity contribution in [3.8, 4) is 0 Å². The smallest absolute Gasteiger partial charge is 0.410 e. The molecule has 0 heterocycles. The van der Waals surface area contributed by atoms with Crippen LogP contribution in [0.25, 0.3) is 0 Å². The zero-order valence-corrected chi connectivity index (χ0v) is 11.2. The lowest BCUT2D eigenvalue weighted by Gasteiger charge is -2.41. The monoisotopic (exact) mass is 242 g/mol. The molecular weight excluding hydrogens is 216 g/mol. The Morgan fingerprint density at radius 1 is 1.24 bits per heavy atom. The second kappa shape index (κ2) is 6.84. The Morgan fingerprint density at radius 2 is 1.82 bits per heavy atom. The molecule has 4 nitrogen and oxygen atoms in total. The molecule has 17 heavy (non-hydrogen) atoms. The first kappa shape index (κ1) is 14.3. The Bertz CT molecular complexity index is 236. The quantitative estimate of drug-likeness (QED) is 0.771. The summed E-state index contributed by atoms with van der Waals surface area (Å²) in [5.41, 5.74) is 5.80. The van der Waals surface area contributed by atoms with Gasteiger partial charge in [0.15, 0.2) is 0 Å². The molecule has 1 rings (SSSR count). The molecular formula is C13H26N2O2. The molecule has 1 aliphatic rings. The van der Waals surface area contributed by atoms with Gasteiger partial charge in [-0.25, -0.2) is 4.79 Å². The maximum atomic E-state index is 12.0. The van der Waals surface area contributed by atoms with E-state index < -0.39 is 0 Å². The van der Waals surface area contributed by atoms with Crippen LogP contribution in [0.1, 0.15) is 52.4 Å². The normalized spacial score (nSPS) is 19.5. The summed E-state index contributed by atoms with van der Waals surface area (Å²) in [5, 5.41) is 0. The Hall–Kier alpha value is -0.770. The number of rotatable bonds is 4. The standard InChI is InChI=1S/C13H26N2O2/c1-3-15(12(16)17-4-2)13(11-14)9-7-5-6-8-10-13/h3-11,14H2,1-2H3. The van der Waals surface area contributed by atoms with Gasteiger partial charge in [0.1, 0.15) is 0 Å². The minimum Gasteiger partial charge on any atom is -0.450 e. The molecule has 0 saturated heterocycles. The average molecular weight is 242 g/mol. The summed E-state index contributed by atoms with van der Waals surface area (Å²) in [5.74, 6) is 0. The van der Waals surface area contributed by atoms with Crippen LogP contribution in [-0.4, -0.2) is 36.2 Å². The fourth-order valence-corrected chi connectivity index (χ4v) is 2.83. The van der Waals surface area contributed by atoms with Crippen LogP contribution in [-0.2, 0) is 4.74 Å². The Kier molecular flexibility index (Phi) is 5.75. The molecule has 4 heteroatoms. The third-order valence-corrected chi connectivity index (χ3v) is 3.79. The van der Waals surface area contributed by atoms with Crippen LogP contribution in [0, 0.1) is 0 Å². The van der Waals surface area contributed by atoms with Gasteiger partial charge in [-0.1, -0.05) is 25.7 Å². The van der Waals surface area contributed by atoms with Crippen molar-refractivity contribution in [3.05, 3.63) is 0 Å². The highest BCUT2D eigenvalue weighted by atomic mass is 16.6. The molecule has 0 unspecified atom stereocenters. The van der Waals surface area contributed by atoms with Gasteiger partial charge in [0, 0.05) is 13.1 Å². The molecule has 1 fully saturated rings. The first-order chi connectivity index (χ1) is 8.20. The van der Waals surface area contributed by atoms with E-state index in [9.17, 15) is 4.79 Å². The molecule has 100 valence electrons. The zero-order chi connectivity index (χ0) is 12.7.